The van der Waals surface area contributed by atoms with E-state index in [9.17, 15) is 4.39 Å². The van der Waals surface area contributed by atoms with Crippen LogP contribution in [0.5, 0.6) is 0 Å². The van der Waals surface area contributed by atoms with Gasteiger partial charge in [0.15, 0.2) is 0 Å². The Kier molecular flexibility index (Phi) is 7.69. The third-order valence-electron chi connectivity index (χ3n) is 1.04. The highest BCUT2D eigenvalue weighted by Crippen LogP contribution is 2.01. The minimum absolute atomic E-state index is 0.160. The molecule has 0 fully saturated rings. The van der Waals surface area contributed by atoms with Crippen molar-refractivity contribution in [1.29, 1.82) is 0 Å². The molecular formula is C6H12FP. The molecule has 0 bridgehead atoms. The summed E-state index contributed by atoms with van der Waals surface area (Å²) in [6.45, 7) is -0.160. The Balaban J connectivity index is 2.53. The van der Waals surface area contributed by atoms with Crippen molar-refractivity contribution >= 4 is 9.24 Å². The minimum Gasteiger partial charge on any atom is -0.251 e. The van der Waals surface area contributed by atoms with Crippen molar-refractivity contribution in [2.24, 2.45) is 0 Å². The lowest BCUT2D eigenvalue weighted by atomic mass is 10.2. The molecule has 0 aliphatic rings. The average molecular weight is 134 g/mol. The number of alkyl halides is 1. The fourth-order valence-electron chi connectivity index (χ4n) is 0.560. The van der Waals surface area contributed by atoms with Gasteiger partial charge in [0.05, 0.1) is 6.67 Å². The van der Waals surface area contributed by atoms with Crippen molar-refractivity contribution in [1.82, 2.24) is 0 Å². The predicted octanol–water partition coefficient (Wildman–Crippen LogP) is 2.93. The molecule has 0 aliphatic heterocycles. The Labute approximate surface area is 53.1 Å². The second-order valence-corrected chi connectivity index (χ2v) is 2.27. The number of hydrogen-bond donors (Lipinski definition) is 0. The van der Waals surface area contributed by atoms with Gasteiger partial charge >= 0.3 is 0 Å². The fourth-order valence-corrected chi connectivity index (χ4v) is 0.783. The highest BCUT2D eigenvalue weighted by atomic mass is 31.0. The molecule has 0 aromatic rings. The average Bonchev–Trinajstić information content (AvgIpc) is 1.81. The van der Waals surface area contributed by atoms with Gasteiger partial charge in [-0.3, -0.25) is 4.39 Å². The quantitative estimate of drug-likeness (QED) is 0.400. The zero-order valence-electron chi connectivity index (χ0n) is 5.07. The first kappa shape index (κ1) is 8.36. The highest BCUT2D eigenvalue weighted by molar-refractivity contribution is 7.16. The third kappa shape index (κ3) is 6.36. The van der Waals surface area contributed by atoms with Crippen molar-refractivity contribution in [2.75, 3.05) is 12.8 Å². The van der Waals surface area contributed by atoms with Crippen LogP contribution in [0.1, 0.15) is 25.7 Å². The van der Waals surface area contributed by atoms with Crippen LogP contribution in [0, 0.1) is 0 Å². The molecule has 0 atom stereocenters. The number of rotatable bonds is 5. The van der Waals surface area contributed by atoms with Crippen molar-refractivity contribution in [3.8, 4) is 0 Å². The first-order valence-electron chi connectivity index (χ1n) is 3.08. The van der Waals surface area contributed by atoms with Crippen LogP contribution < -0.4 is 0 Å². The summed E-state index contributed by atoms with van der Waals surface area (Å²) in [6, 6.07) is 0. The standard InChI is InChI=1S/C6H12FP/c7-5-3-1-2-4-6-8/h1-6H2. The van der Waals surface area contributed by atoms with E-state index < -0.39 is 0 Å². The van der Waals surface area contributed by atoms with E-state index in [0.29, 0.717) is 0 Å². The second-order valence-electron chi connectivity index (χ2n) is 1.83. The number of unbranched alkanes of at least 4 members (excludes halogenated alkanes) is 3. The van der Waals surface area contributed by atoms with Crippen LogP contribution in [0.3, 0.4) is 0 Å². The van der Waals surface area contributed by atoms with Crippen LogP contribution in [0.4, 0.5) is 4.39 Å². The van der Waals surface area contributed by atoms with Crippen LogP contribution in [-0.2, 0) is 0 Å². The van der Waals surface area contributed by atoms with Gasteiger partial charge in [0.2, 0.25) is 0 Å². The molecule has 0 saturated carbocycles. The van der Waals surface area contributed by atoms with E-state index in [1.165, 1.54) is 0 Å². The maximum atomic E-state index is 11.4. The van der Waals surface area contributed by atoms with Gasteiger partial charge in [-0.1, -0.05) is 12.8 Å². The summed E-state index contributed by atoms with van der Waals surface area (Å²) in [7, 11) is 4.03. The molecule has 0 amide bonds. The molecule has 0 heterocycles. The second kappa shape index (κ2) is 7.36. The van der Waals surface area contributed by atoms with Crippen molar-refractivity contribution < 1.29 is 4.39 Å². The van der Waals surface area contributed by atoms with E-state index in [2.05, 4.69) is 9.24 Å². The van der Waals surface area contributed by atoms with Gasteiger partial charge in [-0.2, -0.15) is 0 Å². The van der Waals surface area contributed by atoms with Gasteiger partial charge in [0.25, 0.3) is 0 Å². The fraction of sp³-hybridized carbons (Fsp3) is 1.00. The molecule has 0 spiro atoms. The molecule has 8 heavy (non-hydrogen) atoms. The lowest BCUT2D eigenvalue weighted by Crippen LogP contribution is -1.79. The first-order chi connectivity index (χ1) is 3.91. The molecule has 48 valence electrons. The Morgan fingerprint density at radius 1 is 1.00 bits per heavy atom. The van der Waals surface area contributed by atoms with E-state index in [1.54, 1.807) is 0 Å². The van der Waals surface area contributed by atoms with Gasteiger partial charge in [0.1, 0.15) is 0 Å². The molecule has 0 aliphatic carbocycles. The Bertz CT molecular complexity index is 33.5. The summed E-state index contributed by atoms with van der Waals surface area (Å²) >= 11 is 0. The van der Waals surface area contributed by atoms with Crippen LogP contribution in [0.15, 0.2) is 0 Å². The molecule has 0 rings (SSSR count). The third-order valence-corrected chi connectivity index (χ3v) is 1.36. The van der Waals surface area contributed by atoms with Crippen molar-refractivity contribution in [2.45, 2.75) is 25.7 Å². The van der Waals surface area contributed by atoms with Gasteiger partial charge in [-0.15, -0.1) is 0 Å². The molecule has 2 heteroatoms. The summed E-state index contributed by atoms with van der Waals surface area (Å²) in [4.78, 5) is 0. The summed E-state index contributed by atoms with van der Waals surface area (Å²) in [5.41, 5.74) is 0. The minimum atomic E-state index is -0.160. The van der Waals surface area contributed by atoms with Crippen molar-refractivity contribution in [3.63, 3.8) is 0 Å². The SMILES string of the molecule is FCCCCCC[P]. The topological polar surface area (TPSA) is 0 Å². The molecule has 0 saturated heterocycles. The number of halogens is 1. The van der Waals surface area contributed by atoms with Gasteiger partial charge < -0.3 is 0 Å². The normalized spacial score (nSPS) is 9.75. The van der Waals surface area contributed by atoms with E-state index in [1.807, 2.05) is 0 Å². The summed E-state index contributed by atoms with van der Waals surface area (Å²) in [5, 5.41) is 0. The zero-order valence-corrected chi connectivity index (χ0v) is 5.96. The maximum absolute atomic E-state index is 11.4. The van der Waals surface area contributed by atoms with E-state index in [0.717, 1.165) is 31.8 Å². The lowest BCUT2D eigenvalue weighted by molar-refractivity contribution is 0.455. The van der Waals surface area contributed by atoms with Gasteiger partial charge in [0, 0.05) is 0 Å². The largest absolute Gasteiger partial charge is 0.251 e. The Morgan fingerprint density at radius 3 is 2.12 bits per heavy atom. The molecule has 0 aromatic heterocycles. The van der Waals surface area contributed by atoms with Crippen LogP contribution in [-0.4, -0.2) is 12.8 Å². The zero-order chi connectivity index (χ0) is 6.24. The highest BCUT2D eigenvalue weighted by Gasteiger charge is 1.85. The van der Waals surface area contributed by atoms with Crippen LogP contribution in [0.25, 0.3) is 0 Å². The summed E-state index contributed by atoms with van der Waals surface area (Å²) in [6.07, 6.45) is 4.95. The smallest absolute Gasteiger partial charge is 0.0894 e. The summed E-state index contributed by atoms with van der Waals surface area (Å²) in [5.74, 6) is 0. The van der Waals surface area contributed by atoms with Crippen molar-refractivity contribution in [3.05, 3.63) is 0 Å². The monoisotopic (exact) mass is 134 g/mol. The maximum Gasteiger partial charge on any atom is 0.0894 e. The molecular weight excluding hydrogens is 122 g/mol. The first-order valence-corrected chi connectivity index (χ1v) is 3.72. The molecule has 2 radical (unpaired) electrons. The number of hydrogen-bond acceptors (Lipinski definition) is 0. The molecule has 0 nitrogen and oxygen atoms in total. The molecule has 0 unspecified atom stereocenters. The predicted molar refractivity (Wildman–Crippen MR) is 36.2 cm³/mol. The van der Waals surface area contributed by atoms with E-state index in [4.69, 9.17) is 0 Å². The van der Waals surface area contributed by atoms with Gasteiger partial charge in [-0.25, -0.2) is 0 Å². The van der Waals surface area contributed by atoms with E-state index >= 15 is 0 Å². The van der Waals surface area contributed by atoms with Gasteiger partial charge in [-0.05, 0) is 28.2 Å². The summed E-state index contributed by atoms with van der Waals surface area (Å²) < 4.78 is 11.4. The Hall–Kier alpha value is 0.360. The van der Waals surface area contributed by atoms with E-state index in [-0.39, 0.29) is 6.67 Å². The van der Waals surface area contributed by atoms with Crippen LogP contribution >= 0.6 is 9.24 Å². The molecule has 0 aromatic carbocycles. The van der Waals surface area contributed by atoms with Crippen LogP contribution in [0.2, 0.25) is 0 Å². The lowest BCUT2D eigenvalue weighted by Gasteiger charge is -1.92. The molecule has 0 N–H and O–H groups in total. The Morgan fingerprint density at radius 2 is 1.62 bits per heavy atom.